The van der Waals surface area contributed by atoms with E-state index in [-0.39, 0.29) is 35.4 Å². The molecule has 3 rings (SSSR count). The Balaban J connectivity index is 1.62. The zero-order valence-corrected chi connectivity index (χ0v) is 25.6. The lowest BCUT2D eigenvalue weighted by Gasteiger charge is -2.14. The lowest BCUT2D eigenvalue weighted by Crippen LogP contribution is -2.30. The number of ketones is 1. The molecule has 0 aliphatic rings. The summed E-state index contributed by atoms with van der Waals surface area (Å²) in [6, 6.07) is 12.0. The van der Waals surface area contributed by atoms with E-state index in [0.29, 0.717) is 47.8 Å². The van der Waals surface area contributed by atoms with Gasteiger partial charge in [-0.25, -0.2) is 0 Å². The van der Waals surface area contributed by atoms with Gasteiger partial charge in [0.2, 0.25) is 0 Å². The number of anilines is 1. The molecule has 0 aliphatic carbocycles. The van der Waals surface area contributed by atoms with Crippen LogP contribution in [-0.2, 0) is 17.8 Å². The number of halogens is 1. The molecule has 3 N–H and O–H groups in total. The molecular formula is C34H38ClN5O3. The Bertz CT molecular complexity index is 1600. The number of Topliss-reactive ketones (excluding diaryl/α,β-unsaturated/α-hetero) is 1. The average molecular weight is 600 g/mol. The fourth-order valence-corrected chi connectivity index (χ4v) is 4.37. The number of carbonyl (C=O) groups is 2. The molecular weight excluding hydrogens is 562 g/mol. The summed E-state index contributed by atoms with van der Waals surface area (Å²) >= 11 is 6.20. The van der Waals surface area contributed by atoms with E-state index < -0.39 is 0 Å². The summed E-state index contributed by atoms with van der Waals surface area (Å²) in [7, 11) is 0. The second kappa shape index (κ2) is 16.2. The van der Waals surface area contributed by atoms with E-state index in [1.165, 1.54) is 12.3 Å². The molecule has 9 heteroatoms. The summed E-state index contributed by atoms with van der Waals surface area (Å²) < 4.78 is 1.64. The lowest BCUT2D eigenvalue weighted by molar-refractivity contribution is -0.121. The van der Waals surface area contributed by atoms with Crippen molar-refractivity contribution in [1.29, 1.82) is 5.41 Å². The van der Waals surface area contributed by atoms with Crippen LogP contribution in [0.3, 0.4) is 0 Å². The number of benzene rings is 1. The van der Waals surface area contributed by atoms with Crippen molar-refractivity contribution in [2.75, 3.05) is 18.4 Å². The average Bonchev–Trinajstić information content (AvgIpc) is 2.99. The number of nitrogens with zero attached hydrogens (tertiary/aromatic N) is 2. The molecule has 0 bridgehead atoms. The van der Waals surface area contributed by atoms with Crippen LogP contribution in [0.15, 0.2) is 102 Å². The largest absolute Gasteiger partial charge is 0.384 e. The molecule has 8 nitrogen and oxygen atoms in total. The van der Waals surface area contributed by atoms with Gasteiger partial charge in [0, 0.05) is 66.4 Å². The molecule has 0 fully saturated rings. The maximum Gasteiger partial charge on any atom is 0.253 e. The smallest absolute Gasteiger partial charge is 0.253 e. The first-order chi connectivity index (χ1) is 20.6. The quantitative estimate of drug-likeness (QED) is 0.146. The van der Waals surface area contributed by atoms with Crippen LogP contribution in [0.25, 0.3) is 0 Å². The Kier molecular flexibility index (Phi) is 12.4. The normalized spacial score (nSPS) is 11.7. The minimum atomic E-state index is -0.355. The van der Waals surface area contributed by atoms with Gasteiger partial charge in [0.1, 0.15) is 5.78 Å². The summed E-state index contributed by atoms with van der Waals surface area (Å²) in [4.78, 5) is 41.2. The number of rotatable bonds is 15. The maximum absolute atomic E-state index is 13.0. The van der Waals surface area contributed by atoms with E-state index in [1.807, 2.05) is 39.0 Å². The van der Waals surface area contributed by atoms with Crippen LogP contribution in [0, 0.1) is 11.3 Å². The van der Waals surface area contributed by atoms with E-state index in [0.717, 1.165) is 16.7 Å². The van der Waals surface area contributed by atoms with Crippen LogP contribution in [-0.4, -0.2) is 40.0 Å². The van der Waals surface area contributed by atoms with E-state index in [4.69, 9.17) is 17.0 Å². The summed E-state index contributed by atoms with van der Waals surface area (Å²) in [6.07, 6.45) is 11.5. The standard InChI is InChI=1S/C34H38ClN5O3/c1-5-25(10-9-24(4)22-40-15-7-6-8-33(40)42)16-26-17-27(20-37-19-26)34(43)39-21-30(36)29-18-28(35)11-12-31(29)38-14-13-32(41)23(2)3/h5-12,15,17-20,23,36,38H,1,13-14,16,21-22H2,2-4H3,(H,39,43)/b24-9+,25-10+,36-30?. The van der Waals surface area contributed by atoms with Gasteiger partial charge in [-0.1, -0.05) is 61.9 Å². The minimum absolute atomic E-state index is 0.0185. The van der Waals surface area contributed by atoms with Crippen molar-refractivity contribution in [3.8, 4) is 0 Å². The third-order valence-corrected chi connectivity index (χ3v) is 6.93. The summed E-state index contributed by atoms with van der Waals surface area (Å²) in [5, 5.41) is 15.1. The van der Waals surface area contributed by atoms with Gasteiger partial charge in [0.05, 0.1) is 17.8 Å². The van der Waals surface area contributed by atoms with E-state index in [9.17, 15) is 14.4 Å². The van der Waals surface area contributed by atoms with Crippen molar-refractivity contribution in [3.63, 3.8) is 0 Å². The van der Waals surface area contributed by atoms with Crippen LogP contribution in [0.2, 0.25) is 5.02 Å². The Morgan fingerprint density at radius 3 is 2.65 bits per heavy atom. The van der Waals surface area contributed by atoms with Crippen LogP contribution in [0.1, 0.15) is 48.7 Å². The second-order valence-corrected chi connectivity index (χ2v) is 11.0. The SMILES string of the molecule is C=C/C(=C\C=C(/C)Cn1ccccc1=O)Cc1cncc(C(=O)NCC(=N)c2cc(Cl)ccc2NCCC(=O)C(C)C)c1. The Morgan fingerprint density at radius 2 is 1.93 bits per heavy atom. The van der Waals surface area contributed by atoms with Crippen molar-refractivity contribution >= 4 is 34.7 Å². The predicted molar refractivity (Wildman–Crippen MR) is 174 cm³/mol. The molecule has 0 unspecified atom stereocenters. The molecule has 0 aliphatic heterocycles. The highest BCUT2D eigenvalue weighted by atomic mass is 35.5. The molecule has 0 saturated heterocycles. The zero-order chi connectivity index (χ0) is 31.4. The highest BCUT2D eigenvalue weighted by molar-refractivity contribution is 6.31. The number of aromatic nitrogens is 2. The fraction of sp³-hybridized carbons (Fsp3) is 0.265. The van der Waals surface area contributed by atoms with Crippen molar-refractivity contribution in [3.05, 3.63) is 129 Å². The zero-order valence-electron chi connectivity index (χ0n) is 24.8. The molecule has 2 aromatic heterocycles. The first-order valence-corrected chi connectivity index (χ1v) is 14.5. The Labute approximate surface area is 257 Å². The number of nitrogens with one attached hydrogen (secondary N) is 3. The number of allylic oxidation sites excluding steroid dienone is 5. The first kappa shape index (κ1) is 32.9. The topological polar surface area (TPSA) is 117 Å². The molecule has 2 heterocycles. The van der Waals surface area contributed by atoms with Gasteiger partial charge < -0.3 is 20.6 Å². The summed E-state index contributed by atoms with van der Waals surface area (Å²) in [5.41, 5.74) is 4.48. The predicted octanol–water partition coefficient (Wildman–Crippen LogP) is 6.02. The number of hydrogen-bond donors (Lipinski definition) is 3. The minimum Gasteiger partial charge on any atom is -0.384 e. The van der Waals surface area contributed by atoms with E-state index in [1.54, 1.807) is 53.4 Å². The van der Waals surface area contributed by atoms with Crippen molar-refractivity contribution in [1.82, 2.24) is 14.9 Å². The summed E-state index contributed by atoms with van der Waals surface area (Å²) in [5.74, 6) is -0.234. The van der Waals surface area contributed by atoms with E-state index >= 15 is 0 Å². The monoisotopic (exact) mass is 599 g/mol. The third kappa shape index (κ3) is 10.3. The fourth-order valence-electron chi connectivity index (χ4n) is 4.20. The molecule has 1 amide bonds. The molecule has 0 spiro atoms. The highest BCUT2D eigenvalue weighted by Gasteiger charge is 2.14. The van der Waals surface area contributed by atoms with Crippen LogP contribution in [0.4, 0.5) is 5.69 Å². The second-order valence-electron chi connectivity index (χ2n) is 10.5. The molecule has 3 aromatic rings. The van der Waals surface area contributed by atoms with Gasteiger partial charge in [-0.3, -0.25) is 19.4 Å². The lowest BCUT2D eigenvalue weighted by atomic mass is 10.0. The Morgan fingerprint density at radius 1 is 1.14 bits per heavy atom. The van der Waals surface area contributed by atoms with Gasteiger partial charge in [-0.2, -0.15) is 0 Å². The van der Waals surface area contributed by atoms with Crippen LogP contribution >= 0.6 is 11.6 Å². The number of amides is 1. The van der Waals surface area contributed by atoms with Crippen molar-refractivity contribution in [2.45, 2.75) is 40.2 Å². The molecule has 0 atom stereocenters. The number of carbonyl (C=O) groups excluding carboxylic acids is 2. The van der Waals surface area contributed by atoms with E-state index in [2.05, 4.69) is 22.2 Å². The van der Waals surface area contributed by atoms with Crippen molar-refractivity contribution in [2.24, 2.45) is 5.92 Å². The van der Waals surface area contributed by atoms with Crippen molar-refractivity contribution < 1.29 is 9.59 Å². The van der Waals surface area contributed by atoms with Crippen LogP contribution in [0.5, 0.6) is 0 Å². The van der Waals surface area contributed by atoms with Gasteiger partial charge in [-0.15, -0.1) is 0 Å². The highest BCUT2D eigenvalue weighted by Crippen LogP contribution is 2.21. The molecule has 43 heavy (non-hydrogen) atoms. The molecule has 0 saturated carbocycles. The maximum atomic E-state index is 13.0. The number of pyridine rings is 2. The summed E-state index contributed by atoms with van der Waals surface area (Å²) in [6.45, 7) is 10.5. The molecule has 224 valence electrons. The van der Waals surface area contributed by atoms with Crippen LogP contribution < -0.4 is 16.2 Å². The molecule has 1 aromatic carbocycles. The van der Waals surface area contributed by atoms with Gasteiger partial charge in [0.25, 0.3) is 11.5 Å². The van der Waals surface area contributed by atoms with Gasteiger partial charge in [-0.05, 0) is 54.8 Å². The number of hydrogen-bond acceptors (Lipinski definition) is 6. The third-order valence-electron chi connectivity index (χ3n) is 6.69. The molecule has 0 radical (unpaired) electrons. The van der Waals surface area contributed by atoms with Gasteiger partial charge in [0.15, 0.2) is 0 Å². The first-order valence-electron chi connectivity index (χ1n) is 14.1. The van der Waals surface area contributed by atoms with Gasteiger partial charge >= 0.3 is 0 Å². The Hall–Kier alpha value is -4.56.